The molecule has 0 saturated carbocycles. The Kier molecular flexibility index (Phi) is 1.55. The van der Waals surface area contributed by atoms with Gasteiger partial charge in [-0.2, -0.15) is 0 Å². The summed E-state index contributed by atoms with van der Waals surface area (Å²) in [6.45, 7) is 0. The normalized spacial score (nSPS) is 16.8. The molecule has 0 radical (unpaired) electrons. The molecule has 0 unspecified atom stereocenters. The molecule has 0 heterocycles. The van der Waals surface area contributed by atoms with E-state index in [0.717, 1.165) is 16.4 Å². The van der Waals surface area contributed by atoms with Crippen LogP contribution in [0.3, 0.4) is 0 Å². The number of benzene rings is 2. The highest BCUT2D eigenvalue weighted by Gasteiger charge is 2.23. The summed E-state index contributed by atoms with van der Waals surface area (Å²) in [5.41, 5.74) is 2.03. The lowest BCUT2D eigenvalue weighted by atomic mass is 10.1. The summed E-state index contributed by atoms with van der Waals surface area (Å²) in [6, 6.07) is 12.5. The smallest absolute Gasteiger partial charge is 0.167 e. The molecule has 0 spiro atoms. The van der Waals surface area contributed by atoms with Crippen LogP contribution in [-0.4, -0.2) is 5.78 Å². The lowest BCUT2D eigenvalue weighted by Crippen LogP contribution is -2.25. The third kappa shape index (κ3) is 1.06. The maximum Gasteiger partial charge on any atom is 0.167 e. The van der Waals surface area contributed by atoms with E-state index in [-0.39, 0.29) is 5.78 Å². The highest BCUT2D eigenvalue weighted by molar-refractivity contribution is 6.27. The van der Waals surface area contributed by atoms with Crippen LogP contribution in [0.2, 0.25) is 0 Å². The Morgan fingerprint density at radius 1 is 1.00 bits per heavy atom. The van der Waals surface area contributed by atoms with Crippen LogP contribution < -0.4 is 10.4 Å². The molecule has 0 N–H and O–H groups in total. The van der Waals surface area contributed by atoms with Crippen molar-refractivity contribution < 1.29 is 4.79 Å². The van der Waals surface area contributed by atoms with Gasteiger partial charge in [-0.1, -0.05) is 42.5 Å². The number of rotatable bonds is 0. The minimum absolute atomic E-state index is 0.255. The second kappa shape index (κ2) is 2.95. The summed E-state index contributed by atoms with van der Waals surface area (Å²) in [5, 5.41) is 4.78. The topological polar surface area (TPSA) is 17.1 Å². The van der Waals surface area contributed by atoms with Crippen molar-refractivity contribution in [2.75, 3.05) is 0 Å². The summed E-state index contributed by atoms with van der Waals surface area (Å²) in [5.74, 6) is 0.255. The van der Waals surface area contributed by atoms with E-state index in [4.69, 9.17) is 0 Å². The summed E-state index contributed by atoms with van der Waals surface area (Å²) < 4.78 is 0. The van der Waals surface area contributed by atoms with Crippen molar-refractivity contribution in [2.24, 2.45) is 0 Å². The second-order valence-electron chi connectivity index (χ2n) is 4.55. The first-order chi connectivity index (χ1) is 8.34. The van der Waals surface area contributed by atoms with Crippen LogP contribution in [0.25, 0.3) is 22.4 Å². The van der Waals surface area contributed by atoms with E-state index >= 15 is 0 Å². The van der Waals surface area contributed by atoms with Gasteiger partial charge in [-0.05, 0) is 32.9 Å². The third-order valence-corrected chi connectivity index (χ3v) is 3.61. The van der Waals surface area contributed by atoms with E-state index in [2.05, 4.69) is 30.3 Å². The van der Waals surface area contributed by atoms with E-state index < -0.39 is 0 Å². The number of hydrogen-bond donors (Lipinski definition) is 0. The van der Waals surface area contributed by atoms with Crippen LogP contribution >= 0.6 is 0 Å². The minimum Gasteiger partial charge on any atom is -0.294 e. The Morgan fingerprint density at radius 2 is 1.88 bits per heavy atom. The highest BCUT2D eigenvalue weighted by atomic mass is 16.1. The fourth-order valence-electron chi connectivity index (χ4n) is 2.83. The molecule has 2 aliphatic rings. The zero-order chi connectivity index (χ0) is 11.4. The lowest BCUT2D eigenvalue weighted by molar-refractivity contribution is -0.112. The predicted molar refractivity (Wildman–Crippen MR) is 68.8 cm³/mol. The molecule has 0 saturated heterocycles. The van der Waals surface area contributed by atoms with Gasteiger partial charge >= 0.3 is 0 Å². The summed E-state index contributed by atoms with van der Waals surface area (Å²) in [7, 11) is 0. The molecule has 2 aromatic rings. The van der Waals surface area contributed by atoms with Gasteiger partial charge in [0, 0.05) is 12.0 Å². The maximum atomic E-state index is 11.8. The van der Waals surface area contributed by atoms with Gasteiger partial charge in [-0.15, -0.1) is 0 Å². The summed E-state index contributed by atoms with van der Waals surface area (Å²) in [4.78, 5) is 11.8. The van der Waals surface area contributed by atoms with Gasteiger partial charge in [-0.25, -0.2) is 0 Å². The molecule has 4 rings (SSSR count). The van der Waals surface area contributed by atoms with E-state index in [0.29, 0.717) is 6.42 Å². The zero-order valence-electron chi connectivity index (χ0n) is 9.23. The van der Waals surface area contributed by atoms with Crippen molar-refractivity contribution in [3.8, 4) is 0 Å². The first-order valence-electron chi connectivity index (χ1n) is 5.82. The van der Waals surface area contributed by atoms with Crippen molar-refractivity contribution in [3.63, 3.8) is 0 Å². The van der Waals surface area contributed by atoms with Crippen LogP contribution in [0.4, 0.5) is 0 Å². The van der Waals surface area contributed by atoms with Crippen LogP contribution in [0, 0.1) is 0 Å². The summed E-state index contributed by atoms with van der Waals surface area (Å²) in [6.07, 6.45) is 4.75. The predicted octanol–water partition coefficient (Wildman–Crippen LogP) is 1.68. The molecule has 0 bridgehead atoms. The molecule has 0 aliphatic heterocycles. The zero-order valence-corrected chi connectivity index (χ0v) is 9.23. The quantitative estimate of drug-likeness (QED) is 0.657. The van der Waals surface area contributed by atoms with Gasteiger partial charge in [0.15, 0.2) is 5.78 Å². The largest absolute Gasteiger partial charge is 0.294 e. The fraction of sp³-hybridized carbons (Fsp3) is 0.0625. The lowest BCUT2D eigenvalue weighted by Gasteiger charge is -1.98. The third-order valence-electron chi connectivity index (χ3n) is 3.61. The van der Waals surface area contributed by atoms with Crippen LogP contribution in [-0.2, 0) is 4.79 Å². The molecule has 1 heteroatoms. The van der Waals surface area contributed by atoms with E-state index in [1.165, 1.54) is 16.0 Å². The fourth-order valence-corrected chi connectivity index (χ4v) is 2.83. The SMILES string of the molecule is O=C1CC=C2C=c3c(ccc4ccccc34)=C12. The first kappa shape index (κ1) is 8.94. The standard InChI is InChI=1S/C16H10O/c17-15-8-6-11-9-14-12-4-2-1-3-10(12)5-7-13(14)16(11)15/h1-7,9H,8H2. The number of hydrogen-bond acceptors (Lipinski definition) is 1. The van der Waals surface area contributed by atoms with Gasteiger partial charge in [-0.3, -0.25) is 4.79 Å². The average Bonchev–Trinajstić information content (AvgIpc) is 2.90. The molecule has 0 amide bonds. The second-order valence-corrected chi connectivity index (χ2v) is 4.55. The molecule has 1 nitrogen and oxygen atoms in total. The molecule has 0 atom stereocenters. The molecular weight excluding hydrogens is 208 g/mol. The van der Waals surface area contributed by atoms with Crippen molar-refractivity contribution in [2.45, 2.75) is 6.42 Å². The summed E-state index contributed by atoms with van der Waals surface area (Å²) >= 11 is 0. The van der Waals surface area contributed by atoms with Crippen molar-refractivity contribution in [1.29, 1.82) is 0 Å². The van der Waals surface area contributed by atoms with E-state index in [1.54, 1.807) is 0 Å². The highest BCUT2D eigenvalue weighted by Crippen LogP contribution is 2.25. The Hall–Kier alpha value is -2.15. The number of carbonyl (C=O) groups is 1. The van der Waals surface area contributed by atoms with Gasteiger partial charge in [0.1, 0.15) is 0 Å². The molecule has 0 aromatic heterocycles. The van der Waals surface area contributed by atoms with Crippen molar-refractivity contribution in [3.05, 3.63) is 58.5 Å². The van der Waals surface area contributed by atoms with Crippen LogP contribution in [0.1, 0.15) is 6.42 Å². The first-order valence-corrected chi connectivity index (χ1v) is 5.82. The monoisotopic (exact) mass is 218 g/mol. The average molecular weight is 218 g/mol. The van der Waals surface area contributed by atoms with Gasteiger partial charge < -0.3 is 0 Å². The minimum atomic E-state index is 0.255. The molecule has 17 heavy (non-hydrogen) atoms. The molecule has 80 valence electrons. The van der Waals surface area contributed by atoms with Gasteiger partial charge in [0.05, 0.1) is 0 Å². The molecule has 0 fully saturated rings. The van der Waals surface area contributed by atoms with Crippen LogP contribution in [0.5, 0.6) is 0 Å². The van der Waals surface area contributed by atoms with Crippen molar-refractivity contribution >= 4 is 28.2 Å². The number of ketones is 1. The number of fused-ring (bicyclic) bond motifs is 4. The number of carbonyl (C=O) groups excluding carboxylic acids is 1. The van der Waals surface area contributed by atoms with Gasteiger partial charge in [0.2, 0.25) is 0 Å². The molecular formula is C16H10O. The van der Waals surface area contributed by atoms with Crippen LogP contribution in [0.15, 0.2) is 48.0 Å². The van der Waals surface area contributed by atoms with Gasteiger partial charge in [0.25, 0.3) is 0 Å². The molecule has 2 aromatic carbocycles. The van der Waals surface area contributed by atoms with Crippen molar-refractivity contribution in [1.82, 2.24) is 0 Å². The number of Topliss-reactive ketones (excluding diaryl/α,β-unsaturated/α-hetero) is 1. The number of allylic oxidation sites excluding steroid dienone is 2. The Morgan fingerprint density at radius 3 is 2.82 bits per heavy atom. The van der Waals surface area contributed by atoms with E-state index in [9.17, 15) is 4.79 Å². The Labute approximate surface area is 98.4 Å². The van der Waals surface area contributed by atoms with E-state index in [1.807, 2.05) is 18.2 Å². The molecule has 2 aliphatic carbocycles. The Bertz CT molecular complexity index is 822. The maximum absolute atomic E-state index is 11.8. The Balaban J connectivity index is 2.30.